The lowest BCUT2D eigenvalue weighted by Crippen LogP contribution is -1.94. The molecule has 18 heavy (non-hydrogen) atoms. The van der Waals surface area contributed by atoms with Gasteiger partial charge in [0.15, 0.2) is 12.1 Å². The van der Waals surface area contributed by atoms with Gasteiger partial charge in [-0.15, -0.1) is 0 Å². The Bertz CT molecular complexity index is 500. The summed E-state index contributed by atoms with van der Waals surface area (Å²) in [6, 6.07) is 15.6. The van der Waals surface area contributed by atoms with Crippen LogP contribution in [0.25, 0.3) is 11.1 Å². The maximum absolute atomic E-state index is 5.62. The van der Waals surface area contributed by atoms with Crippen molar-refractivity contribution in [3.05, 3.63) is 48.5 Å². The Balaban J connectivity index is 2.43. The van der Waals surface area contributed by atoms with Gasteiger partial charge in [0.1, 0.15) is 11.5 Å². The molecule has 2 aromatic carbocycles. The van der Waals surface area contributed by atoms with E-state index < -0.39 is 0 Å². The van der Waals surface area contributed by atoms with E-state index in [4.69, 9.17) is 32.7 Å². The first-order chi connectivity index (χ1) is 8.85. The maximum Gasteiger partial charge on any atom is 0.162 e. The first kappa shape index (κ1) is 13.1. The summed E-state index contributed by atoms with van der Waals surface area (Å²) in [5.41, 5.74) is 1.97. The van der Waals surface area contributed by atoms with E-state index in [1.54, 1.807) is 6.07 Å². The van der Waals surface area contributed by atoms with E-state index in [-0.39, 0.29) is 12.1 Å². The van der Waals surface area contributed by atoms with Crippen LogP contribution in [0.1, 0.15) is 0 Å². The molecule has 2 nitrogen and oxygen atoms in total. The lowest BCUT2D eigenvalue weighted by molar-refractivity contribution is 0.378. The van der Waals surface area contributed by atoms with Crippen molar-refractivity contribution in [2.75, 3.05) is 12.1 Å². The van der Waals surface area contributed by atoms with Crippen molar-refractivity contribution >= 4 is 23.2 Å². The zero-order chi connectivity index (χ0) is 12.8. The van der Waals surface area contributed by atoms with E-state index in [9.17, 15) is 0 Å². The highest BCUT2D eigenvalue weighted by Crippen LogP contribution is 2.33. The maximum atomic E-state index is 5.62. The van der Waals surface area contributed by atoms with Gasteiger partial charge in [0.25, 0.3) is 0 Å². The molecule has 0 spiro atoms. The minimum Gasteiger partial charge on any atom is -0.478 e. The van der Waals surface area contributed by atoms with Crippen molar-refractivity contribution in [3.63, 3.8) is 0 Å². The van der Waals surface area contributed by atoms with Crippen LogP contribution in [-0.2, 0) is 0 Å². The standard InChI is InChI=1S/C14H12Cl2O2/c15-9-17-12-6-7-14(18-10-16)13(8-12)11-4-2-1-3-5-11/h1-8H,9-10H2. The molecule has 0 fully saturated rings. The number of hydrogen-bond donors (Lipinski definition) is 0. The highest BCUT2D eigenvalue weighted by molar-refractivity contribution is 6.17. The van der Waals surface area contributed by atoms with Crippen LogP contribution in [0.4, 0.5) is 0 Å². The van der Waals surface area contributed by atoms with Gasteiger partial charge >= 0.3 is 0 Å². The molecule has 0 aromatic heterocycles. The fourth-order valence-corrected chi connectivity index (χ4v) is 1.93. The zero-order valence-corrected chi connectivity index (χ0v) is 11.1. The van der Waals surface area contributed by atoms with Gasteiger partial charge < -0.3 is 9.47 Å². The smallest absolute Gasteiger partial charge is 0.162 e. The van der Waals surface area contributed by atoms with Gasteiger partial charge in [0.2, 0.25) is 0 Å². The fourth-order valence-electron chi connectivity index (χ4n) is 1.69. The molecule has 0 heterocycles. The molecule has 0 radical (unpaired) electrons. The van der Waals surface area contributed by atoms with Crippen molar-refractivity contribution in [1.82, 2.24) is 0 Å². The Morgan fingerprint density at radius 2 is 1.56 bits per heavy atom. The number of benzene rings is 2. The third kappa shape index (κ3) is 3.09. The second kappa shape index (κ2) is 6.53. The molecule has 0 atom stereocenters. The van der Waals surface area contributed by atoms with Crippen molar-refractivity contribution in [2.24, 2.45) is 0 Å². The van der Waals surface area contributed by atoms with E-state index >= 15 is 0 Å². The molecule has 2 aromatic rings. The number of rotatable bonds is 5. The normalized spacial score (nSPS) is 10.1. The molecule has 0 unspecified atom stereocenters. The van der Waals surface area contributed by atoms with Crippen LogP contribution in [0.15, 0.2) is 48.5 Å². The second-order valence-corrected chi connectivity index (χ2v) is 3.97. The van der Waals surface area contributed by atoms with Gasteiger partial charge in [0, 0.05) is 5.56 Å². The minimum atomic E-state index is 0.107. The van der Waals surface area contributed by atoms with Gasteiger partial charge in [0.05, 0.1) is 0 Å². The monoisotopic (exact) mass is 282 g/mol. The van der Waals surface area contributed by atoms with Crippen molar-refractivity contribution in [1.29, 1.82) is 0 Å². The van der Waals surface area contributed by atoms with Gasteiger partial charge in [-0.05, 0) is 23.8 Å². The van der Waals surface area contributed by atoms with Gasteiger partial charge in [-0.3, -0.25) is 0 Å². The SMILES string of the molecule is ClCOc1ccc(OCCl)c(-c2ccccc2)c1. The molecule has 0 N–H and O–H groups in total. The number of alkyl halides is 2. The van der Waals surface area contributed by atoms with Crippen LogP contribution in [-0.4, -0.2) is 12.1 Å². The lowest BCUT2D eigenvalue weighted by atomic mass is 10.0. The van der Waals surface area contributed by atoms with Crippen LogP contribution in [0, 0.1) is 0 Å². The van der Waals surface area contributed by atoms with Gasteiger partial charge in [-0.25, -0.2) is 0 Å². The first-order valence-electron chi connectivity index (χ1n) is 5.42. The fraction of sp³-hybridized carbons (Fsp3) is 0.143. The van der Waals surface area contributed by atoms with Crippen LogP contribution >= 0.6 is 23.2 Å². The van der Waals surface area contributed by atoms with E-state index in [1.165, 1.54) is 0 Å². The molecule has 0 aliphatic heterocycles. The molecule has 2 rings (SSSR count). The lowest BCUT2D eigenvalue weighted by Gasteiger charge is -2.11. The van der Waals surface area contributed by atoms with Crippen LogP contribution in [0.3, 0.4) is 0 Å². The summed E-state index contributed by atoms with van der Waals surface area (Å²) >= 11 is 11.2. The molecule has 0 saturated carbocycles. The molecule has 0 bridgehead atoms. The summed E-state index contributed by atoms with van der Waals surface area (Å²) in [4.78, 5) is 0. The predicted octanol–water partition coefficient (Wildman–Crippen LogP) is 4.50. The van der Waals surface area contributed by atoms with E-state index in [2.05, 4.69) is 0 Å². The number of halogens is 2. The third-order valence-electron chi connectivity index (χ3n) is 2.47. The summed E-state index contributed by atoms with van der Waals surface area (Å²) in [6.07, 6.45) is 0. The first-order valence-corrected chi connectivity index (χ1v) is 6.49. The molecular weight excluding hydrogens is 271 g/mol. The summed E-state index contributed by atoms with van der Waals surface area (Å²) in [5.74, 6) is 1.42. The quantitative estimate of drug-likeness (QED) is 0.752. The summed E-state index contributed by atoms with van der Waals surface area (Å²) in [5, 5.41) is 0. The summed E-state index contributed by atoms with van der Waals surface area (Å²) < 4.78 is 10.7. The summed E-state index contributed by atoms with van der Waals surface area (Å²) in [7, 11) is 0. The number of hydrogen-bond acceptors (Lipinski definition) is 2. The molecule has 4 heteroatoms. The topological polar surface area (TPSA) is 18.5 Å². The van der Waals surface area contributed by atoms with Crippen molar-refractivity contribution in [2.45, 2.75) is 0 Å². The molecule has 94 valence electrons. The average Bonchev–Trinajstić information content (AvgIpc) is 2.42. The Labute approximate surface area is 116 Å². The van der Waals surface area contributed by atoms with Crippen LogP contribution in [0.5, 0.6) is 11.5 Å². The molecule has 0 aliphatic rings. The van der Waals surface area contributed by atoms with Crippen molar-refractivity contribution < 1.29 is 9.47 Å². The Morgan fingerprint density at radius 1 is 0.833 bits per heavy atom. The van der Waals surface area contributed by atoms with E-state index in [1.807, 2.05) is 42.5 Å². The van der Waals surface area contributed by atoms with E-state index in [0.29, 0.717) is 5.75 Å². The third-order valence-corrected chi connectivity index (χ3v) is 2.69. The largest absolute Gasteiger partial charge is 0.478 e. The zero-order valence-electron chi connectivity index (χ0n) is 9.61. The predicted molar refractivity (Wildman–Crippen MR) is 74.6 cm³/mol. The Morgan fingerprint density at radius 3 is 2.22 bits per heavy atom. The van der Waals surface area contributed by atoms with Crippen LogP contribution < -0.4 is 9.47 Å². The Kier molecular flexibility index (Phi) is 4.73. The highest BCUT2D eigenvalue weighted by Gasteiger charge is 2.08. The average molecular weight is 283 g/mol. The van der Waals surface area contributed by atoms with Crippen LogP contribution in [0.2, 0.25) is 0 Å². The number of ether oxygens (including phenoxy) is 2. The molecular formula is C14H12Cl2O2. The van der Waals surface area contributed by atoms with E-state index in [0.717, 1.165) is 16.9 Å². The summed E-state index contributed by atoms with van der Waals surface area (Å²) in [6.45, 7) is 0. The van der Waals surface area contributed by atoms with Gasteiger partial charge in [-0.1, -0.05) is 53.5 Å². The van der Waals surface area contributed by atoms with Gasteiger partial charge in [-0.2, -0.15) is 0 Å². The van der Waals surface area contributed by atoms with Crippen molar-refractivity contribution in [3.8, 4) is 22.6 Å². The molecule has 0 aliphatic carbocycles. The Hall–Kier alpha value is -1.38. The highest BCUT2D eigenvalue weighted by atomic mass is 35.5. The minimum absolute atomic E-state index is 0.107. The molecule has 0 amide bonds. The second-order valence-electron chi connectivity index (χ2n) is 3.53. The molecule has 0 saturated heterocycles.